The van der Waals surface area contributed by atoms with Gasteiger partial charge in [0.2, 0.25) is 0 Å². The lowest BCUT2D eigenvalue weighted by atomic mass is 10.0. The van der Waals surface area contributed by atoms with Crippen LogP contribution in [0.5, 0.6) is 5.75 Å². The van der Waals surface area contributed by atoms with Gasteiger partial charge in [0, 0.05) is 17.8 Å². The SMILES string of the molecule is COc1cc2ccccc2cc1-c1nc2c(C#N)c[nH]n2c1NC1CCCC1. The summed E-state index contributed by atoms with van der Waals surface area (Å²) in [5.41, 5.74) is 2.88. The van der Waals surface area contributed by atoms with E-state index < -0.39 is 0 Å². The van der Waals surface area contributed by atoms with Crippen LogP contribution in [0.15, 0.2) is 42.6 Å². The van der Waals surface area contributed by atoms with E-state index in [0.717, 1.165) is 46.4 Å². The Labute approximate surface area is 162 Å². The highest BCUT2D eigenvalue weighted by Gasteiger charge is 2.24. The molecule has 1 aliphatic rings. The molecule has 0 spiro atoms. The van der Waals surface area contributed by atoms with Crippen LogP contribution in [-0.4, -0.2) is 27.7 Å². The fourth-order valence-corrected chi connectivity index (χ4v) is 4.16. The third-order valence-electron chi connectivity index (χ3n) is 5.60. The first kappa shape index (κ1) is 16.7. The topological polar surface area (TPSA) is 78.1 Å². The Bertz CT molecular complexity index is 1210. The smallest absolute Gasteiger partial charge is 0.173 e. The van der Waals surface area contributed by atoms with Crippen LogP contribution >= 0.6 is 0 Å². The van der Waals surface area contributed by atoms with Crippen molar-refractivity contribution in [3.05, 3.63) is 48.2 Å². The summed E-state index contributed by atoms with van der Waals surface area (Å²) in [6, 6.07) is 15.0. The van der Waals surface area contributed by atoms with Gasteiger partial charge in [-0.3, -0.25) is 5.10 Å². The molecule has 0 amide bonds. The Morgan fingerprint density at radius 3 is 2.68 bits per heavy atom. The summed E-state index contributed by atoms with van der Waals surface area (Å²) in [7, 11) is 1.68. The van der Waals surface area contributed by atoms with Crippen LogP contribution in [0.4, 0.5) is 5.82 Å². The zero-order chi connectivity index (χ0) is 19.1. The van der Waals surface area contributed by atoms with Gasteiger partial charge in [-0.05, 0) is 35.7 Å². The Morgan fingerprint density at radius 1 is 1.21 bits per heavy atom. The number of imidazole rings is 1. The highest BCUT2D eigenvalue weighted by atomic mass is 16.5. The van der Waals surface area contributed by atoms with Crippen molar-refractivity contribution in [2.45, 2.75) is 31.7 Å². The molecular weight excluding hydrogens is 350 g/mol. The first-order valence-electron chi connectivity index (χ1n) is 9.62. The molecule has 5 rings (SSSR count). The zero-order valence-electron chi connectivity index (χ0n) is 15.7. The van der Waals surface area contributed by atoms with Gasteiger partial charge < -0.3 is 10.1 Å². The Morgan fingerprint density at radius 2 is 1.96 bits per heavy atom. The number of aromatic nitrogens is 3. The molecule has 0 bridgehead atoms. The van der Waals surface area contributed by atoms with Crippen LogP contribution < -0.4 is 10.1 Å². The van der Waals surface area contributed by atoms with Crippen molar-refractivity contribution in [1.29, 1.82) is 5.26 Å². The number of aromatic amines is 1. The number of benzene rings is 2. The normalized spacial score (nSPS) is 14.6. The second kappa shape index (κ2) is 6.61. The molecule has 2 heterocycles. The number of hydrogen-bond acceptors (Lipinski definition) is 4. The minimum absolute atomic E-state index is 0.416. The van der Waals surface area contributed by atoms with Crippen molar-refractivity contribution in [2.75, 3.05) is 12.4 Å². The number of hydrogen-bond donors (Lipinski definition) is 2. The predicted octanol–water partition coefficient (Wildman–Crippen LogP) is 4.72. The molecule has 0 atom stereocenters. The summed E-state index contributed by atoms with van der Waals surface area (Å²) >= 11 is 0. The van der Waals surface area contributed by atoms with E-state index in [4.69, 9.17) is 9.72 Å². The molecule has 28 heavy (non-hydrogen) atoms. The number of methoxy groups -OCH3 is 1. The predicted molar refractivity (Wildman–Crippen MR) is 110 cm³/mol. The number of nitriles is 1. The standard InChI is InChI=1S/C22H21N5O/c1-28-19-11-15-7-3-2-6-14(15)10-18(19)20-22(25-17-8-4-5-9-17)27-21(26-20)16(12-23)13-24-27/h2-3,6-7,10-11,13,17,24-25H,4-5,8-9H2,1H3. The summed E-state index contributed by atoms with van der Waals surface area (Å²) in [5.74, 6) is 1.66. The summed E-state index contributed by atoms with van der Waals surface area (Å²) in [4.78, 5) is 4.84. The van der Waals surface area contributed by atoms with Crippen LogP contribution in [0, 0.1) is 11.3 Å². The van der Waals surface area contributed by atoms with Gasteiger partial charge >= 0.3 is 0 Å². The average molecular weight is 371 g/mol. The van der Waals surface area contributed by atoms with Crippen molar-refractivity contribution < 1.29 is 4.74 Å². The molecule has 1 aliphatic carbocycles. The molecule has 0 aliphatic heterocycles. The maximum absolute atomic E-state index is 9.45. The Kier molecular flexibility index (Phi) is 3.94. The number of nitrogens with zero attached hydrogens (tertiary/aromatic N) is 3. The summed E-state index contributed by atoms with van der Waals surface area (Å²) in [6.07, 6.45) is 6.47. The van der Waals surface area contributed by atoms with Gasteiger partial charge in [-0.25, -0.2) is 9.50 Å². The fourth-order valence-electron chi connectivity index (χ4n) is 4.16. The quantitative estimate of drug-likeness (QED) is 0.544. The van der Waals surface area contributed by atoms with Crippen LogP contribution in [0.1, 0.15) is 31.2 Å². The summed E-state index contributed by atoms with van der Waals surface area (Å²) in [5, 5.41) is 18.5. The van der Waals surface area contributed by atoms with Crippen molar-refractivity contribution in [1.82, 2.24) is 14.6 Å². The van der Waals surface area contributed by atoms with Crippen molar-refractivity contribution in [3.63, 3.8) is 0 Å². The molecule has 140 valence electrons. The van der Waals surface area contributed by atoms with Crippen molar-refractivity contribution in [3.8, 4) is 23.1 Å². The van der Waals surface area contributed by atoms with Gasteiger partial charge in [0.05, 0.1) is 7.11 Å². The monoisotopic (exact) mass is 371 g/mol. The fraction of sp³-hybridized carbons (Fsp3) is 0.273. The molecule has 1 fully saturated rings. The highest BCUT2D eigenvalue weighted by Crippen LogP contribution is 2.39. The molecule has 2 aromatic carbocycles. The number of anilines is 1. The first-order chi connectivity index (χ1) is 13.8. The van der Waals surface area contributed by atoms with Gasteiger partial charge in [-0.2, -0.15) is 5.26 Å². The average Bonchev–Trinajstić information content (AvgIpc) is 3.45. The maximum Gasteiger partial charge on any atom is 0.173 e. The van der Waals surface area contributed by atoms with E-state index in [9.17, 15) is 5.26 Å². The molecule has 0 unspecified atom stereocenters. The Hall–Kier alpha value is -3.46. The van der Waals surface area contributed by atoms with Crippen LogP contribution in [0.2, 0.25) is 0 Å². The molecule has 0 radical (unpaired) electrons. The van der Waals surface area contributed by atoms with Gasteiger partial charge in [0.15, 0.2) is 11.5 Å². The minimum atomic E-state index is 0.416. The largest absolute Gasteiger partial charge is 0.496 e. The van der Waals surface area contributed by atoms with Crippen molar-refractivity contribution >= 4 is 22.2 Å². The molecule has 2 N–H and O–H groups in total. The van der Waals surface area contributed by atoms with Gasteiger partial charge in [-0.15, -0.1) is 0 Å². The van der Waals surface area contributed by atoms with Crippen molar-refractivity contribution in [2.24, 2.45) is 0 Å². The number of rotatable bonds is 4. The molecule has 6 heteroatoms. The molecule has 6 nitrogen and oxygen atoms in total. The third-order valence-corrected chi connectivity index (χ3v) is 5.60. The highest BCUT2D eigenvalue weighted by molar-refractivity contribution is 5.93. The van der Waals surface area contributed by atoms with E-state index in [1.54, 1.807) is 13.3 Å². The minimum Gasteiger partial charge on any atom is -0.496 e. The molecule has 1 saturated carbocycles. The maximum atomic E-state index is 9.45. The first-order valence-corrected chi connectivity index (χ1v) is 9.62. The van der Waals surface area contributed by atoms with Gasteiger partial charge in [0.1, 0.15) is 23.1 Å². The number of nitrogens with one attached hydrogen (secondary N) is 2. The number of H-pyrrole nitrogens is 1. The van der Waals surface area contributed by atoms with Gasteiger partial charge in [-0.1, -0.05) is 37.1 Å². The third kappa shape index (κ3) is 2.59. The summed E-state index contributed by atoms with van der Waals surface area (Å²) in [6.45, 7) is 0. The van der Waals surface area contributed by atoms with Crippen LogP contribution in [-0.2, 0) is 0 Å². The lowest BCUT2D eigenvalue weighted by Gasteiger charge is -2.15. The molecule has 4 aromatic rings. The van der Waals surface area contributed by atoms with Crippen LogP contribution in [0.25, 0.3) is 27.7 Å². The lowest BCUT2D eigenvalue weighted by Crippen LogP contribution is -2.16. The van der Waals surface area contributed by atoms with E-state index in [0.29, 0.717) is 17.3 Å². The summed E-state index contributed by atoms with van der Waals surface area (Å²) < 4.78 is 7.59. The lowest BCUT2D eigenvalue weighted by molar-refractivity contribution is 0.417. The van der Waals surface area contributed by atoms with E-state index in [2.05, 4.69) is 34.7 Å². The second-order valence-corrected chi connectivity index (χ2v) is 7.29. The van der Waals surface area contributed by atoms with E-state index in [1.807, 2.05) is 22.7 Å². The Balaban J connectivity index is 1.74. The molecular formula is C22H21N5O. The van der Waals surface area contributed by atoms with Crippen LogP contribution in [0.3, 0.4) is 0 Å². The zero-order valence-corrected chi connectivity index (χ0v) is 15.7. The van der Waals surface area contributed by atoms with E-state index >= 15 is 0 Å². The molecule has 2 aromatic heterocycles. The second-order valence-electron chi connectivity index (χ2n) is 7.29. The van der Waals surface area contributed by atoms with E-state index in [1.165, 1.54) is 12.8 Å². The number of fused-ring (bicyclic) bond motifs is 2. The van der Waals surface area contributed by atoms with Gasteiger partial charge in [0.25, 0.3) is 0 Å². The van der Waals surface area contributed by atoms with E-state index in [-0.39, 0.29) is 0 Å². The molecule has 0 saturated heterocycles. The number of ether oxygens (including phenoxy) is 1.